The van der Waals surface area contributed by atoms with Gasteiger partial charge in [0.1, 0.15) is 0 Å². The number of anilines is 1. The minimum Gasteiger partial charge on any atom is -0.456 e. The van der Waals surface area contributed by atoms with Crippen LogP contribution < -0.4 is 10.6 Å². The van der Waals surface area contributed by atoms with Gasteiger partial charge in [-0.3, -0.25) is 24.5 Å². The van der Waals surface area contributed by atoms with Crippen molar-refractivity contribution in [1.29, 1.82) is 0 Å². The van der Waals surface area contributed by atoms with Crippen LogP contribution in [-0.2, 0) is 25.9 Å². The fourth-order valence-corrected chi connectivity index (χ4v) is 2.90. The summed E-state index contributed by atoms with van der Waals surface area (Å²) in [6.07, 6.45) is -5.24. The number of rotatable bonds is 8. The van der Waals surface area contributed by atoms with Crippen LogP contribution in [0.3, 0.4) is 0 Å². The Kier molecular flexibility index (Phi) is 8.56. The minimum atomic E-state index is -4.96. The van der Waals surface area contributed by atoms with E-state index in [1.807, 2.05) is 38.2 Å². The molecule has 9 nitrogen and oxygen atoms in total. The fraction of sp³-hybridized carbons (Fsp3) is 0.348. The van der Waals surface area contributed by atoms with E-state index < -0.39 is 52.4 Å². The molecule has 0 fully saturated rings. The van der Waals surface area contributed by atoms with Gasteiger partial charge in [-0.1, -0.05) is 32.9 Å². The van der Waals surface area contributed by atoms with Crippen LogP contribution in [0.15, 0.2) is 42.5 Å². The van der Waals surface area contributed by atoms with E-state index in [1.54, 1.807) is 12.1 Å². The van der Waals surface area contributed by atoms with E-state index in [9.17, 15) is 37.7 Å². The number of hydrogen-bond acceptors (Lipinski definition) is 6. The van der Waals surface area contributed by atoms with E-state index in [0.29, 0.717) is 11.6 Å². The predicted octanol–water partition coefficient (Wildman–Crippen LogP) is 4.21. The smallest absolute Gasteiger partial charge is 0.418 e. The third-order valence-electron chi connectivity index (χ3n) is 4.79. The number of esters is 1. The SMILES string of the molecule is CC(C)(C)c1ccc(C(=O)NCCC(=O)OCC(=O)Nc2ccc([N+](=O)[O-])cc2C(F)(F)F)cc1. The molecule has 0 heterocycles. The highest BCUT2D eigenvalue weighted by atomic mass is 19.4. The van der Waals surface area contributed by atoms with Gasteiger partial charge in [-0.2, -0.15) is 13.2 Å². The third-order valence-corrected chi connectivity index (χ3v) is 4.79. The normalized spacial score (nSPS) is 11.5. The highest BCUT2D eigenvalue weighted by molar-refractivity contribution is 5.95. The fourth-order valence-electron chi connectivity index (χ4n) is 2.90. The first-order valence-electron chi connectivity index (χ1n) is 10.4. The monoisotopic (exact) mass is 495 g/mol. The van der Waals surface area contributed by atoms with Gasteiger partial charge in [0, 0.05) is 24.2 Å². The van der Waals surface area contributed by atoms with Crippen molar-refractivity contribution in [2.24, 2.45) is 0 Å². The highest BCUT2D eigenvalue weighted by Gasteiger charge is 2.35. The van der Waals surface area contributed by atoms with Crippen molar-refractivity contribution in [3.8, 4) is 0 Å². The van der Waals surface area contributed by atoms with Gasteiger partial charge in [0.15, 0.2) is 6.61 Å². The molecule has 0 bridgehead atoms. The zero-order valence-corrected chi connectivity index (χ0v) is 19.2. The molecule has 0 radical (unpaired) electrons. The summed E-state index contributed by atoms with van der Waals surface area (Å²) in [7, 11) is 0. The van der Waals surface area contributed by atoms with E-state index >= 15 is 0 Å². The number of halogens is 3. The lowest BCUT2D eigenvalue weighted by Crippen LogP contribution is -2.28. The summed E-state index contributed by atoms with van der Waals surface area (Å²) in [6, 6.07) is 8.81. The van der Waals surface area contributed by atoms with Crippen molar-refractivity contribution >= 4 is 29.2 Å². The Morgan fingerprint density at radius 2 is 1.66 bits per heavy atom. The first-order valence-corrected chi connectivity index (χ1v) is 10.4. The van der Waals surface area contributed by atoms with Crippen LogP contribution >= 0.6 is 0 Å². The Balaban J connectivity index is 1.83. The molecule has 2 N–H and O–H groups in total. The van der Waals surface area contributed by atoms with Crippen molar-refractivity contribution in [1.82, 2.24) is 5.32 Å². The third kappa shape index (κ3) is 8.09. The second-order valence-electron chi connectivity index (χ2n) is 8.53. The molecule has 12 heteroatoms. The molecule has 0 aliphatic heterocycles. The van der Waals surface area contributed by atoms with E-state index in [4.69, 9.17) is 4.74 Å². The van der Waals surface area contributed by atoms with Crippen molar-refractivity contribution in [3.63, 3.8) is 0 Å². The predicted molar refractivity (Wildman–Crippen MR) is 120 cm³/mol. The summed E-state index contributed by atoms with van der Waals surface area (Å²) in [5, 5.41) is 15.2. The van der Waals surface area contributed by atoms with Gasteiger partial charge in [0.2, 0.25) is 0 Å². The molecule has 0 spiro atoms. The Hall–Kier alpha value is -3.96. The summed E-state index contributed by atoms with van der Waals surface area (Å²) in [4.78, 5) is 45.6. The number of ether oxygens (including phenoxy) is 1. The van der Waals surface area contributed by atoms with E-state index in [-0.39, 0.29) is 18.4 Å². The zero-order valence-electron chi connectivity index (χ0n) is 19.2. The molecule has 0 unspecified atom stereocenters. The van der Waals surface area contributed by atoms with Crippen LogP contribution in [0, 0.1) is 10.1 Å². The largest absolute Gasteiger partial charge is 0.456 e. The number of hydrogen-bond donors (Lipinski definition) is 2. The molecule has 0 saturated heterocycles. The van der Waals surface area contributed by atoms with Crippen molar-refractivity contribution in [2.75, 3.05) is 18.5 Å². The van der Waals surface area contributed by atoms with E-state index in [0.717, 1.165) is 17.7 Å². The van der Waals surface area contributed by atoms with E-state index in [1.165, 1.54) is 0 Å². The van der Waals surface area contributed by atoms with Gasteiger partial charge in [0.05, 0.1) is 22.6 Å². The van der Waals surface area contributed by atoms with Gasteiger partial charge in [0.25, 0.3) is 17.5 Å². The second-order valence-corrected chi connectivity index (χ2v) is 8.53. The van der Waals surface area contributed by atoms with Crippen LogP contribution in [0.4, 0.5) is 24.5 Å². The molecule has 2 amide bonds. The number of nitrogens with zero attached hydrogens (tertiary/aromatic N) is 1. The van der Waals surface area contributed by atoms with Gasteiger partial charge >= 0.3 is 12.1 Å². The Labute approximate surface area is 198 Å². The number of amides is 2. The van der Waals surface area contributed by atoms with Crippen LogP contribution in [-0.4, -0.2) is 35.9 Å². The number of non-ortho nitro benzene ring substituents is 1. The van der Waals surface area contributed by atoms with Crippen molar-refractivity contribution in [2.45, 2.75) is 38.8 Å². The number of nitrogens with one attached hydrogen (secondary N) is 2. The summed E-state index contributed by atoms with van der Waals surface area (Å²) in [5.74, 6) is -2.34. The standard InChI is InChI=1S/C23H24F3N3O6/c1-22(2,3)15-6-4-14(5-7-15)21(32)27-11-10-20(31)35-13-19(30)28-18-9-8-16(29(33)34)12-17(18)23(24,25)26/h4-9,12H,10-11,13H2,1-3H3,(H,27,32)(H,28,30). The molecule has 0 aliphatic rings. The number of benzene rings is 2. The molecule has 0 saturated carbocycles. The maximum atomic E-state index is 13.2. The molecular weight excluding hydrogens is 471 g/mol. The molecular formula is C23H24F3N3O6. The van der Waals surface area contributed by atoms with Gasteiger partial charge in [-0.15, -0.1) is 0 Å². The maximum Gasteiger partial charge on any atom is 0.418 e. The average molecular weight is 495 g/mol. The summed E-state index contributed by atoms with van der Waals surface area (Å²) in [5.41, 5.74) is -1.55. The Morgan fingerprint density at radius 3 is 2.20 bits per heavy atom. The van der Waals surface area contributed by atoms with Crippen LogP contribution in [0.5, 0.6) is 0 Å². The minimum absolute atomic E-state index is 0.0716. The van der Waals surface area contributed by atoms with Crippen LogP contribution in [0.1, 0.15) is 48.7 Å². The molecule has 0 aliphatic carbocycles. The quantitative estimate of drug-likeness (QED) is 0.321. The lowest BCUT2D eigenvalue weighted by atomic mass is 9.87. The number of carbonyl (C=O) groups excluding carboxylic acids is 3. The molecule has 0 aromatic heterocycles. The average Bonchev–Trinajstić information content (AvgIpc) is 2.76. The first kappa shape index (κ1) is 27.3. The molecule has 2 aromatic carbocycles. The number of nitro groups is 1. The second kappa shape index (κ2) is 11.0. The Bertz CT molecular complexity index is 1110. The number of nitro benzene ring substituents is 1. The van der Waals surface area contributed by atoms with Gasteiger partial charge < -0.3 is 15.4 Å². The highest BCUT2D eigenvalue weighted by Crippen LogP contribution is 2.37. The molecule has 0 atom stereocenters. The Morgan fingerprint density at radius 1 is 1.03 bits per heavy atom. The van der Waals surface area contributed by atoms with Crippen molar-refractivity contribution < 1.29 is 37.2 Å². The van der Waals surface area contributed by atoms with Gasteiger partial charge in [-0.25, -0.2) is 0 Å². The van der Waals surface area contributed by atoms with Crippen molar-refractivity contribution in [3.05, 3.63) is 69.3 Å². The molecule has 35 heavy (non-hydrogen) atoms. The summed E-state index contributed by atoms with van der Waals surface area (Å²) < 4.78 is 44.2. The number of alkyl halides is 3. The lowest BCUT2D eigenvalue weighted by molar-refractivity contribution is -0.385. The molecule has 2 rings (SSSR count). The topological polar surface area (TPSA) is 128 Å². The van der Waals surface area contributed by atoms with Crippen LogP contribution in [0.25, 0.3) is 0 Å². The van der Waals surface area contributed by atoms with E-state index in [2.05, 4.69) is 5.32 Å². The summed E-state index contributed by atoms with van der Waals surface area (Å²) >= 11 is 0. The molecule has 188 valence electrons. The first-order chi connectivity index (χ1) is 16.2. The lowest BCUT2D eigenvalue weighted by Gasteiger charge is -2.19. The van der Waals surface area contributed by atoms with Crippen LogP contribution in [0.2, 0.25) is 0 Å². The van der Waals surface area contributed by atoms with Gasteiger partial charge in [-0.05, 0) is 29.2 Å². The maximum absolute atomic E-state index is 13.2. The summed E-state index contributed by atoms with van der Waals surface area (Å²) in [6.45, 7) is 5.15. The zero-order chi connectivity index (χ0) is 26.4. The molecule has 2 aromatic rings. The number of carbonyl (C=O) groups is 3.